The van der Waals surface area contributed by atoms with Gasteiger partial charge < -0.3 is 20.1 Å². The van der Waals surface area contributed by atoms with Crippen molar-refractivity contribution in [3.63, 3.8) is 0 Å². The van der Waals surface area contributed by atoms with Crippen LogP contribution in [-0.4, -0.2) is 52.2 Å². The normalized spacial score (nSPS) is 18.5. The average molecular weight is 471 g/mol. The summed E-state index contributed by atoms with van der Waals surface area (Å²) in [7, 11) is 0. The highest BCUT2D eigenvalue weighted by molar-refractivity contribution is 5.94. The number of ether oxygens (including phenoxy) is 2. The lowest BCUT2D eigenvalue weighted by Gasteiger charge is -2.29. The Kier molecular flexibility index (Phi) is 7.72. The lowest BCUT2D eigenvalue weighted by molar-refractivity contribution is -0.144. The van der Waals surface area contributed by atoms with Gasteiger partial charge in [-0.25, -0.2) is 10.3 Å². The summed E-state index contributed by atoms with van der Waals surface area (Å²) < 4.78 is 10.6. The van der Waals surface area contributed by atoms with Crippen LogP contribution in [0.2, 0.25) is 0 Å². The van der Waals surface area contributed by atoms with Crippen molar-refractivity contribution in [1.82, 2.24) is 15.4 Å². The van der Waals surface area contributed by atoms with E-state index in [0.29, 0.717) is 25.3 Å². The van der Waals surface area contributed by atoms with Crippen LogP contribution in [0.25, 0.3) is 0 Å². The molecule has 2 heterocycles. The summed E-state index contributed by atoms with van der Waals surface area (Å²) in [6.07, 6.45) is -0.483. The van der Waals surface area contributed by atoms with E-state index < -0.39 is 23.5 Å². The Balaban J connectivity index is 1.69. The van der Waals surface area contributed by atoms with Gasteiger partial charge in [-0.2, -0.15) is 0 Å². The summed E-state index contributed by atoms with van der Waals surface area (Å²) >= 11 is 0. The molecule has 0 bridgehead atoms. The summed E-state index contributed by atoms with van der Waals surface area (Å²) in [6.45, 7) is 6.25. The highest BCUT2D eigenvalue weighted by Crippen LogP contribution is 2.37. The molecule has 10 heteroatoms. The predicted octanol–water partition coefficient (Wildman–Crippen LogP) is 2.13. The first kappa shape index (κ1) is 25.0. The van der Waals surface area contributed by atoms with Crippen molar-refractivity contribution < 1.29 is 29.1 Å². The number of hydroxylamine groups is 1. The number of primary amides is 1. The van der Waals surface area contributed by atoms with E-state index in [-0.39, 0.29) is 18.9 Å². The Bertz CT molecular complexity index is 1040. The number of amides is 3. The standard InChI is InChI=1S/C24H30N4O6/c1-15-12-17(13-16(2)26-15)14-34-19-6-4-18(5-7-19)24(3)9-10-28(22(24)30)20(21(29)27-32)8-11-33-23(25)31/h4-7,12-13,20,32H,8-11,14H2,1-3H3,(H2,25,31)(H,27,29). The van der Waals surface area contributed by atoms with E-state index >= 15 is 0 Å². The smallest absolute Gasteiger partial charge is 0.404 e. The van der Waals surface area contributed by atoms with Crippen LogP contribution in [0, 0.1) is 13.8 Å². The molecule has 0 radical (unpaired) electrons. The van der Waals surface area contributed by atoms with Crippen LogP contribution in [0.15, 0.2) is 36.4 Å². The molecule has 1 fully saturated rings. The second-order valence-corrected chi connectivity index (χ2v) is 8.60. The predicted molar refractivity (Wildman–Crippen MR) is 122 cm³/mol. The fraction of sp³-hybridized carbons (Fsp3) is 0.417. The summed E-state index contributed by atoms with van der Waals surface area (Å²) in [4.78, 5) is 42.1. The van der Waals surface area contributed by atoms with E-state index in [0.717, 1.165) is 22.5 Å². The maximum absolute atomic E-state index is 13.3. The van der Waals surface area contributed by atoms with Crippen molar-refractivity contribution in [1.29, 1.82) is 0 Å². The molecule has 3 amide bonds. The summed E-state index contributed by atoms with van der Waals surface area (Å²) in [5.41, 5.74) is 9.37. The lowest BCUT2D eigenvalue weighted by atomic mass is 9.81. The van der Waals surface area contributed by atoms with Gasteiger partial charge in [-0.05, 0) is 62.6 Å². The Morgan fingerprint density at radius 2 is 1.88 bits per heavy atom. The topological polar surface area (TPSA) is 144 Å². The fourth-order valence-electron chi connectivity index (χ4n) is 4.30. The van der Waals surface area contributed by atoms with Gasteiger partial charge in [0.15, 0.2) is 0 Å². The van der Waals surface area contributed by atoms with E-state index in [1.807, 2.05) is 57.2 Å². The van der Waals surface area contributed by atoms with E-state index in [9.17, 15) is 14.4 Å². The summed E-state index contributed by atoms with van der Waals surface area (Å²) in [6, 6.07) is 10.3. The third-order valence-electron chi connectivity index (χ3n) is 6.05. The number of nitrogens with one attached hydrogen (secondary N) is 1. The van der Waals surface area contributed by atoms with Gasteiger partial charge in [-0.15, -0.1) is 0 Å². The zero-order valence-electron chi connectivity index (χ0n) is 19.5. The number of hydrogen-bond donors (Lipinski definition) is 3. The molecule has 182 valence electrons. The molecule has 0 spiro atoms. The molecule has 4 N–H and O–H groups in total. The average Bonchev–Trinajstić information content (AvgIpc) is 3.09. The minimum Gasteiger partial charge on any atom is -0.489 e. The van der Waals surface area contributed by atoms with Crippen molar-refractivity contribution in [3.8, 4) is 5.75 Å². The van der Waals surface area contributed by atoms with Gasteiger partial charge >= 0.3 is 6.09 Å². The highest BCUT2D eigenvalue weighted by Gasteiger charge is 2.47. The molecule has 2 unspecified atom stereocenters. The van der Waals surface area contributed by atoms with Crippen molar-refractivity contribution >= 4 is 17.9 Å². The van der Waals surface area contributed by atoms with Gasteiger partial charge in [0.25, 0.3) is 5.91 Å². The monoisotopic (exact) mass is 470 g/mol. The van der Waals surface area contributed by atoms with E-state index in [4.69, 9.17) is 20.4 Å². The van der Waals surface area contributed by atoms with E-state index in [1.165, 1.54) is 4.90 Å². The molecule has 0 saturated carbocycles. The third-order valence-corrected chi connectivity index (χ3v) is 6.05. The number of nitrogens with two attached hydrogens (primary N) is 1. The Hall–Kier alpha value is -3.66. The Morgan fingerprint density at radius 3 is 2.47 bits per heavy atom. The molecule has 1 aromatic heterocycles. The second kappa shape index (κ2) is 10.5. The van der Waals surface area contributed by atoms with E-state index in [1.54, 1.807) is 5.48 Å². The first-order chi connectivity index (χ1) is 16.1. The number of nitrogens with zero attached hydrogens (tertiary/aromatic N) is 2. The molecule has 2 atom stereocenters. The third kappa shape index (κ3) is 5.63. The number of pyridine rings is 1. The fourth-order valence-corrected chi connectivity index (χ4v) is 4.30. The SMILES string of the molecule is Cc1cc(COc2ccc(C3(C)CCN(C(CCOC(N)=O)C(=O)NO)C3=O)cc2)cc(C)n1. The number of carbonyl (C=O) groups excluding carboxylic acids is 3. The van der Waals surface area contributed by atoms with Gasteiger partial charge in [0, 0.05) is 24.4 Å². The Morgan fingerprint density at radius 1 is 1.24 bits per heavy atom. The van der Waals surface area contributed by atoms with Gasteiger partial charge in [0.1, 0.15) is 18.4 Å². The number of likely N-dealkylation sites (tertiary alicyclic amines) is 1. The van der Waals surface area contributed by atoms with Crippen LogP contribution < -0.4 is 16.0 Å². The molecule has 34 heavy (non-hydrogen) atoms. The van der Waals surface area contributed by atoms with Gasteiger partial charge in [-0.3, -0.25) is 19.8 Å². The summed E-state index contributed by atoms with van der Waals surface area (Å²) in [5.74, 6) is -0.338. The van der Waals surface area contributed by atoms with E-state index in [2.05, 4.69) is 4.98 Å². The zero-order valence-corrected chi connectivity index (χ0v) is 19.5. The zero-order chi connectivity index (χ0) is 24.9. The van der Waals surface area contributed by atoms with Crippen LogP contribution in [0.5, 0.6) is 5.75 Å². The van der Waals surface area contributed by atoms with Crippen molar-refractivity contribution in [2.75, 3.05) is 13.2 Å². The number of carbonyl (C=O) groups is 3. The van der Waals surface area contributed by atoms with Crippen LogP contribution in [0.1, 0.15) is 42.3 Å². The van der Waals surface area contributed by atoms with Crippen LogP contribution >= 0.6 is 0 Å². The molecule has 1 saturated heterocycles. The van der Waals surface area contributed by atoms with Crippen LogP contribution in [0.3, 0.4) is 0 Å². The molecule has 1 aliphatic rings. The molecular formula is C24H30N4O6. The van der Waals surface area contributed by atoms with Crippen LogP contribution in [-0.2, 0) is 26.3 Å². The largest absolute Gasteiger partial charge is 0.489 e. The number of aromatic nitrogens is 1. The highest BCUT2D eigenvalue weighted by atomic mass is 16.5. The number of benzene rings is 1. The van der Waals surface area contributed by atoms with Crippen molar-refractivity contribution in [2.24, 2.45) is 5.73 Å². The van der Waals surface area contributed by atoms with Crippen LogP contribution in [0.4, 0.5) is 4.79 Å². The minimum atomic E-state index is -0.992. The minimum absolute atomic E-state index is 0.0118. The lowest BCUT2D eigenvalue weighted by Crippen LogP contribution is -2.49. The summed E-state index contributed by atoms with van der Waals surface area (Å²) in [5, 5.41) is 9.11. The van der Waals surface area contributed by atoms with Gasteiger partial charge in [-0.1, -0.05) is 12.1 Å². The first-order valence-corrected chi connectivity index (χ1v) is 11.0. The first-order valence-electron chi connectivity index (χ1n) is 11.0. The maximum Gasteiger partial charge on any atom is 0.404 e. The quantitative estimate of drug-likeness (QED) is 0.376. The molecule has 0 aliphatic carbocycles. The van der Waals surface area contributed by atoms with Crippen molar-refractivity contribution in [3.05, 3.63) is 58.9 Å². The Labute approximate surface area is 198 Å². The van der Waals surface area contributed by atoms with Gasteiger partial charge in [0.2, 0.25) is 5.91 Å². The van der Waals surface area contributed by atoms with Gasteiger partial charge in [0.05, 0.1) is 12.0 Å². The number of rotatable bonds is 9. The molecule has 1 aromatic carbocycles. The maximum atomic E-state index is 13.3. The van der Waals surface area contributed by atoms with Crippen molar-refractivity contribution in [2.45, 2.75) is 51.7 Å². The molecule has 3 rings (SSSR count). The number of aryl methyl sites for hydroxylation is 2. The molecule has 2 aromatic rings. The molecule has 10 nitrogen and oxygen atoms in total. The second-order valence-electron chi connectivity index (χ2n) is 8.60. The molecule has 1 aliphatic heterocycles. The number of hydrogen-bond acceptors (Lipinski definition) is 7. The molecular weight excluding hydrogens is 440 g/mol.